The van der Waals surface area contributed by atoms with Gasteiger partial charge in [0.25, 0.3) is 0 Å². The molecule has 6 unspecified atom stereocenters. The summed E-state index contributed by atoms with van der Waals surface area (Å²) in [5.74, 6) is 0.521. The van der Waals surface area contributed by atoms with E-state index in [9.17, 15) is 18.3 Å². The molecule has 3 saturated carbocycles. The maximum absolute atomic E-state index is 15.2. The van der Waals surface area contributed by atoms with Gasteiger partial charge in [-0.2, -0.15) is 12.7 Å². The summed E-state index contributed by atoms with van der Waals surface area (Å²) in [6.07, 6.45) is 3.22. The van der Waals surface area contributed by atoms with Crippen molar-refractivity contribution in [2.24, 2.45) is 23.7 Å². The zero-order valence-electron chi connectivity index (χ0n) is 12.9. The molecule has 23 heavy (non-hydrogen) atoms. The Morgan fingerprint density at radius 3 is 2.35 bits per heavy atom. The molecule has 0 aromatic rings. The second-order valence-corrected chi connectivity index (χ2v) is 9.27. The molecule has 0 radical (unpaired) electrons. The van der Waals surface area contributed by atoms with Crippen LogP contribution in [0.1, 0.15) is 38.5 Å². The molecule has 4 fully saturated rings. The Hall–Kier alpha value is -0.730. The minimum Gasteiger partial charge on any atom is -0.391 e. The summed E-state index contributed by atoms with van der Waals surface area (Å²) < 4.78 is 42.0. The van der Waals surface area contributed by atoms with Crippen LogP contribution in [0.3, 0.4) is 0 Å². The zero-order valence-corrected chi connectivity index (χ0v) is 13.7. The lowest BCUT2D eigenvalue weighted by Crippen LogP contribution is -2.58. The number of carbonyl (C=O) groups is 1. The van der Waals surface area contributed by atoms with E-state index in [0.29, 0.717) is 18.3 Å². The number of hydrogen-bond donors (Lipinski definition) is 2. The van der Waals surface area contributed by atoms with E-state index in [4.69, 9.17) is 0 Å². The summed E-state index contributed by atoms with van der Waals surface area (Å²) in [4.78, 5) is 11.4. The van der Waals surface area contributed by atoms with Crippen LogP contribution < -0.4 is 4.72 Å². The van der Waals surface area contributed by atoms with E-state index in [0.717, 1.165) is 23.6 Å². The van der Waals surface area contributed by atoms with Crippen molar-refractivity contribution in [2.75, 3.05) is 6.54 Å². The Balaban J connectivity index is 1.57. The SMILES string of the molecule is O=C1CN(C2C(O)CC3CCC(C4CC4)CC3C2F)S(=O)(=O)N1. The summed E-state index contributed by atoms with van der Waals surface area (Å²) in [6.45, 7) is -0.395. The number of aliphatic hydroxyl groups excluding tert-OH is 1. The number of rotatable bonds is 2. The van der Waals surface area contributed by atoms with Crippen LogP contribution in [0.25, 0.3) is 0 Å². The maximum Gasteiger partial charge on any atom is 0.304 e. The fourth-order valence-corrected chi connectivity index (χ4v) is 6.31. The van der Waals surface area contributed by atoms with Crippen molar-refractivity contribution in [3.05, 3.63) is 0 Å². The number of halogens is 1. The molecule has 4 aliphatic rings. The van der Waals surface area contributed by atoms with Gasteiger partial charge in [-0.05, 0) is 62.2 Å². The van der Waals surface area contributed by atoms with Crippen molar-refractivity contribution in [1.82, 2.24) is 9.03 Å². The average Bonchev–Trinajstić information content (AvgIpc) is 3.26. The van der Waals surface area contributed by atoms with Crippen molar-refractivity contribution >= 4 is 16.1 Å². The fourth-order valence-electron chi connectivity index (χ4n) is 4.97. The van der Waals surface area contributed by atoms with Crippen molar-refractivity contribution in [3.8, 4) is 0 Å². The highest BCUT2D eigenvalue weighted by atomic mass is 32.2. The Morgan fingerprint density at radius 1 is 1.09 bits per heavy atom. The Bertz CT molecular complexity index is 609. The lowest BCUT2D eigenvalue weighted by atomic mass is 9.63. The molecule has 4 rings (SSSR count). The first-order valence-corrected chi connectivity index (χ1v) is 9.95. The lowest BCUT2D eigenvalue weighted by molar-refractivity contribution is -0.120. The third kappa shape index (κ3) is 2.68. The summed E-state index contributed by atoms with van der Waals surface area (Å²) in [6, 6.07) is -1.14. The number of amides is 1. The van der Waals surface area contributed by atoms with Crippen molar-refractivity contribution in [2.45, 2.75) is 56.8 Å². The molecule has 2 N–H and O–H groups in total. The smallest absolute Gasteiger partial charge is 0.304 e. The third-order valence-electron chi connectivity index (χ3n) is 6.23. The minimum absolute atomic E-state index is 0.125. The highest BCUT2D eigenvalue weighted by Crippen LogP contribution is 2.51. The Kier molecular flexibility index (Phi) is 3.70. The molecule has 130 valence electrons. The molecule has 0 aromatic heterocycles. The Morgan fingerprint density at radius 2 is 1.74 bits per heavy atom. The van der Waals surface area contributed by atoms with Gasteiger partial charge in [-0.3, -0.25) is 4.79 Å². The van der Waals surface area contributed by atoms with E-state index in [-0.39, 0.29) is 11.8 Å². The first kappa shape index (κ1) is 15.8. The molecule has 1 saturated heterocycles. The van der Waals surface area contributed by atoms with Crippen LogP contribution in [0.2, 0.25) is 0 Å². The van der Waals surface area contributed by atoms with Crippen LogP contribution in [0.5, 0.6) is 0 Å². The van der Waals surface area contributed by atoms with Crippen LogP contribution >= 0.6 is 0 Å². The first-order chi connectivity index (χ1) is 10.9. The van der Waals surface area contributed by atoms with E-state index < -0.39 is 41.0 Å². The molecule has 0 aromatic carbocycles. The number of carbonyl (C=O) groups excluding carboxylic acids is 1. The van der Waals surface area contributed by atoms with E-state index in [1.54, 1.807) is 0 Å². The summed E-state index contributed by atoms with van der Waals surface area (Å²) in [7, 11) is -4.02. The minimum atomic E-state index is -4.02. The largest absolute Gasteiger partial charge is 0.391 e. The van der Waals surface area contributed by atoms with Crippen molar-refractivity contribution in [1.29, 1.82) is 0 Å². The normalized spacial score (nSPS) is 47.1. The molecule has 6 atom stereocenters. The second kappa shape index (κ2) is 5.39. The number of nitrogens with one attached hydrogen (secondary N) is 1. The number of nitrogens with zero attached hydrogens (tertiary/aromatic N) is 1. The molecule has 6 nitrogen and oxygen atoms in total. The van der Waals surface area contributed by atoms with E-state index in [1.165, 1.54) is 12.8 Å². The molecular formula is C15H23FN2O4S. The van der Waals surface area contributed by atoms with Gasteiger partial charge in [0.1, 0.15) is 6.17 Å². The van der Waals surface area contributed by atoms with Crippen molar-refractivity contribution in [3.63, 3.8) is 0 Å². The van der Waals surface area contributed by atoms with Crippen LogP contribution in [0.15, 0.2) is 0 Å². The first-order valence-electron chi connectivity index (χ1n) is 8.51. The van der Waals surface area contributed by atoms with Gasteiger partial charge in [-0.1, -0.05) is 0 Å². The highest BCUT2D eigenvalue weighted by Gasteiger charge is 2.54. The molecule has 8 heteroatoms. The molecule has 3 aliphatic carbocycles. The molecule has 1 aliphatic heterocycles. The van der Waals surface area contributed by atoms with Gasteiger partial charge in [0.15, 0.2) is 0 Å². The predicted octanol–water partition coefficient (Wildman–Crippen LogP) is 0.577. The summed E-state index contributed by atoms with van der Waals surface area (Å²) in [5.41, 5.74) is 0. The fraction of sp³-hybridized carbons (Fsp3) is 0.933. The number of alkyl halides is 1. The van der Waals surface area contributed by atoms with Crippen LogP contribution in [-0.2, 0) is 15.0 Å². The van der Waals surface area contributed by atoms with Gasteiger partial charge in [0.2, 0.25) is 5.91 Å². The van der Waals surface area contributed by atoms with Crippen molar-refractivity contribution < 1.29 is 22.7 Å². The van der Waals surface area contributed by atoms with Crippen LogP contribution in [0, 0.1) is 23.7 Å². The van der Waals surface area contributed by atoms with Crippen LogP contribution in [-0.4, -0.2) is 48.6 Å². The summed E-state index contributed by atoms with van der Waals surface area (Å²) in [5, 5.41) is 10.4. The highest BCUT2D eigenvalue weighted by molar-refractivity contribution is 7.88. The monoisotopic (exact) mass is 346 g/mol. The van der Waals surface area contributed by atoms with Gasteiger partial charge < -0.3 is 5.11 Å². The van der Waals surface area contributed by atoms with E-state index in [1.807, 2.05) is 4.72 Å². The predicted molar refractivity (Wildman–Crippen MR) is 80.1 cm³/mol. The topological polar surface area (TPSA) is 86.7 Å². The standard InChI is InChI=1S/C15H23FN2O4S/c16-14-11-5-9(8-1-2-8)3-4-10(11)6-12(19)15(14)18-7-13(20)17-23(18,21)22/h8-12,14-15,19H,1-7H2,(H,17,20). The van der Waals surface area contributed by atoms with Gasteiger partial charge in [-0.25, -0.2) is 9.11 Å². The molecule has 1 amide bonds. The zero-order chi connectivity index (χ0) is 16.4. The third-order valence-corrected chi connectivity index (χ3v) is 7.71. The molecular weight excluding hydrogens is 323 g/mol. The average molecular weight is 346 g/mol. The molecule has 0 bridgehead atoms. The number of hydrogen-bond acceptors (Lipinski definition) is 4. The lowest BCUT2D eigenvalue weighted by Gasteiger charge is -2.48. The quantitative estimate of drug-likeness (QED) is 0.766. The number of fused-ring (bicyclic) bond motifs is 1. The van der Waals surface area contributed by atoms with E-state index in [2.05, 4.69) is 0 Å². The van der Waals surface area contributed by atoms with Gasteiger partial charge in [0.05, 0.1) is 18.7 Å². The molecule has 0 spiro atoms. The number of aliphatic hydroxyl groups is 1. The van der Waals surface area contributed by atoms with E-state index >= 15 is 4.39 Å². The maximum atomic E-state index is 15.2. The van der Waals surface area contributed by atoms with Gasteiger partial charge in [-0.15, -0.1) is 0 Å². The van der Waals surface area contributed by atoms with Crippen LogP contribution in [0.4, 0.5) is 4.39 Å². The van der Waals surface area contributed by atoms with Gasteiger partial charge >= 0.3 is 10.2 Å². The molecule has 1 heterocycles. The second-order valence-electron chi connectivity index (χ2n) is 7.65. The Labute approximate surface area is 135 Å². The summed E-state index contributed by atoms with van der Waals surface area (Å²) >= 11 is 0. The van der Waals surface area contributed by atoms with Gasteiger partial charge in [0, 0.05) is 0 Å².